The van der Waals surface area contributed by atoms with Gasteiger partial charge in [-0.05, 0) is 45.5 Å². The molecule has 0 N–H and O–H groups in total. The number of hydrogen-bond acceptors (Lipinski definition) is 1. The van der Waals surface area contributed by atoms with Crippen molar-refractivity contribution >= 4 is 11.8 Å². The first kappa shape index (κ1) is 25.0. The van der Waals surface area contributed by atoms with Gasteiger partial charge in [0.25, 0.3) is 0 Å². The predicted octanol–water partition coefficient (Wildman–Crippen LogP) is 9.79. The second-order valence-electron chi connectivity index (χ2n) is 9.51. The number of benzene rings is 6. The molecule has 0 aliphatic rings. The molecule has 6 rings (SSSR count). The molecule has 0 saturated carbocycles. The second-order valence-corrected chi connectivity index (χ2v) is 10.8. The van der Waals surface area contributed by atoms with E-state index in [2.05, 4.69) is 176 Å². The minimum absolute atomic E-state index is 0.392. The van der Waals surface area contributed by atoms with Crippen molar-refractivity contribution in [2.45, 2.75) is 9.64 Å². The van der Waals surface area contributed by atoms with Crippen LogP contribution in [0.1, 0.15) is 33.4 Å². The summed E-state index contributed by atoms with van der Waals surface area (Å²) in [5.74, 6) is 1.24. The molecule has 187 valence electrons. The quantitative estimate of drug-likeness (QED) is 0.143. The highest BCUT2D eigenvalue weighted by atomic mass is 32.2. The molecule has 0 spiro atoms. The first-order valence-corrected chi connectivity index (χ1v) is 14.1. The van der Waals surface area contributed by atoms with Gasteiger partial charge in [-0.15, -0.1) is 11.8 Å². The van der Waals surface area contributed by atoms with Crippen molar-refractivity contribution in [2.75, 3.05) is 0 Å². The first-order chi connectivity index (χ1) is 19.3. The van der Waals surface area contributed by atoms with Crippen LogP contribution in [0.2, 0.25) is 0 Å². The Balaban J connectivity index is 1.45. The Morgan fingerprint density at radius 1 is 0.333 bits per heavy atom. The highest BCUT2D eigenvalue weighted by molar-refractivity contribution is 8.00. The summed E-state index contributed by atoms with van der Waals surface area (Å²) in [6.07, 6.45) is 0. The number of hydrogen-bond donors (Lipinski definition) is 0. The molecule has 1 heteroatoms. The SMILES string of the molecule is c1ccc([C](c2ccccc2)c2ccc(SC(c3ccccc3)(c3ccccc3)c3ccccc3)cc2)cc1. The Labute approximate surface area is 236 Å². The fraction of sp³-hybridized carbons (Fsp3) is 0.0263. The molecule has 0 heterocycles. The zero-order chi connectivity index (χ0) is 26.3. The van der Waals surface area contributed by atoms with Crippen molar-refractivity contribution in [1.29, 1.82) is 0 Å². The lowest BCUT2D eigenvalue weighted by molar-refractivity contribution is 0.894. The second kappa shape index (κ2) is 11.6. The topological polar surface area (TPSA) is 0 Å². The van der Waals surface area contributed by atoms with Gasteiger partial charge in [0.1, 0.15) is 0 Å². The highest BCUT2D eigenvalue weighted by Gasteiger charge is 2.37. The van der Waals surface area contributed by atoms with E-state index < -0.39 is 4.75 Å². The van der Waals surface area contributed by atoms with Gasteiger partial charge in [-0.1, -0.05) is 164 Å². The van der Waals surface area contributed by atoms with E-state index in [9.17, 15) is 0 Å². The van der Waals surface area contributed by atoms with Crippen LogP contribution in [0.3, 0.4) is 0 Å². The summed E-state index contributed by atoms with van der Waals surface area (Å²) in [4.78, 5) is 1.22. The van der Waals surface area contributed by atoms with Gasteiger partial charge in [0.05, 0.1) is 10.7 Å². The molecule has 0 bridgehead atoms. The molecule has 0 atom stereocenters. The van der Waals surface area contributed by atoms with Crippen LogP contribution in [-0.2, 0) is 4.75 Å². The molecule has 0 aliphatic carbocycles. The fourth-order valence-electron chi connectivity index (χ4n) is 5.27. The van der Waals surface area contributed by atoms with E-state index >= 15 is 0 Å². The lowest BCUT2D eigenvalue weighted by Crippen LogP contribution is -2.25. The zero-order valence-electron chi connectivity index (χ0n) is 21.7. The summed E-state index contributed by atoms with van der Waals surface area (Å²) in [7, 11) is 0. The Morgan fingerprint density at radius 2 is 0.641 bits per heavy atom. The fourth-order valence-corrected chi connectivity index (χ4v) is 6.66. The van der Waals surface area contributed by atoms with Crippen LogP contribution in [0, 0.1) is 5.92 Å². The van der Waals surface area contributed by atoms with Crippen LogP contribution < -0.4 is 0 Å². The van der Waals surface area contributed by atoms with Crippen LogP contribution >= 0.6 is 11.8 Å². The van der Waals surface area contributed by atoms with E-state index in [-0.39, 0.29) is 0 Å². The third-order valence-corrected chi connectivity index (χ3v) is 8.60. The van der Waals surface area contributed by atoms with Crippen LogP contribution in [0.4, 0.5) is 0 Å². The van der Waals surface area contributed by atoms with Crippen LogP contribution in [-0.4, -0.2) is 0 Å². The van der Waals surface area contributed by atoms with Gasteiger partial charge in [0, 0.05) is 4.90 Å². The summed E-state index contributed by atoms with van der Waals surface area (Å²) in [6.45, 7) is 0. The van der Waals surface area contributed by atoms with Crippen molar-refractivity contribution in [3.05, 3.63) is 215 Å². The molecular formula is C38H29S. The highest BCUT2D eigenvalue weighted by Crippen LogP contribution is 2.51. The number of rotatable bonds is 8. The predicted molar refractivity (Wildman–Crippen MR) is 165 cm³/mol. The van der Waals surface area contributed by atoms with E-state index in [1.807, 2.05) is 11.8 Å². The molecule has 0 unspecified atom stereocenters. The maximum absolute atomic E-state index is 2.27. The van der Waals surface area contributed by atoms with Gasteiger partial charge in [-0.25, -0.2) is 0 Å². The largest absolute Gasteiger partial charge is 0.105 e. The molecule has 0 aromatic heterocycles. The van der Waals surface area contributed by atoms with Crippen LogP contribution in [0.25, 0.3) is 0 Å². The van der Waals surface area contributed by atoms with Crippen molar-refractivity contribution < 1.29 is 0 Å². The first-order valence-electron chi connectivity index (χ1n) is 13.3. The van der Waals surface area contributed by atoms with Gasteiger partial charge in [0.15, 0.2) is 0 Å². The van der Waals surface area contributed by atoms with Crippen molar-refractivity contribution in [1.82, 2.24) is 0 Å². The Morgan fingerprint density at radius 3 is 1.00 bits per heavy atom. The standard InChI is InChI=1S/C38H29S/c1-6-16-30(17-7-1)37(31-18-8-2-9-19-31)32-26-28-36(29-27-32)39-38(33-20-10-3-11-21-33,34-22-12-4-13-23-34)35-24-14-5-15-25-35/h1-29H. The van der Waals surface area contributed by atoms with Crippen molar-refractivity contribution in [2.24, 2.45) is 0 Å². The lowest BCUT2D eigenvalue weighted by atomic mass is 9.84. The minimum atomic E-state index is -0.392. The van der Waals surface area contributed by atoms with Crippen LogP contribution in [0.15, 0.2) is 181 Å². The molecule has 0 aliphatic heterocycles. The van der Waals surface area contributed by atoms with E-state index in [1.165, 1.54) is 44.2 Å². The minimum Gasteiger partial charge on any atom is -0.105 e. The van der Waals surface area contributed by atoms with Crippen molar-refractivity contribution in [3.8, 4) is 0 Å². The summed E-state index contributed by atoms with van der Waals surface area (Å²) < 4.78 is -0.392. The summed E-state index contributed by atoms with van der Waals surface area (Å²) in [6, 6.07) is 63.0. The molecule has 6 aromatic carbocycles. The maximum Gasteiger partial charge on any atom is 0.0954 e. The van der Waals surface area contributed by atoms with E-state index in [4.69, 9.17) is 0 Å². The lowest BCUT2D eigenvalue weighted by Gasteiger charge is -2.35. The van der Waals surface area contributed by atoms with Gasteiger partial charge in [-0.3, -0.25) is 0 Å². The normalized spacial score (nSPS) is 11.4. The van der Waals surface area contributed by atoms with E-state index in [0.717, 1.165) is 0 Å². The average Bonchev–Trinajstić information content (AvgIpc) is 3.03. The van der Waals surface area contributed by atoms with Crippen LogP contribution in [0.5, 0.6) is 0 Å². The molecule has 0 fully saturated rings. The summed E-state index contributed by atoms with van der Waals surface area (Å²) >= 11 is 1.90. The van der Waals surface area contributed by atoms with Crippen molar-refractivity contribution in [3.63, 3.8) is 0 Å². The van der Waals surface area contributed by atoms with Gasteiger partial charge in [-0.2, -0.15) is 0 Å². The smallest absolute Gasteiger partial charge is 0.0954 e. The monoisotopic (exact) mass is 517 g/mol. The van der Waals surface area contributed by atoms with E-state index in [1.54, 1.807) is 0 Å². The molecule has 0 nitrogen and oxygen atoms in total. The Bertz CT molecular complexity index is 1440. The molecule has 39 heavy (non-hydrogen) atoms. The zero-order valence-corrected chi connectivity index (χ0v) is 22.5. The van der Waals surface area contributed by atoms with Gasteiger partial charge in [0.2, 0.25) is 0 Å². The van der Waals surface area contributed by atoms with Gasteiger partial charge < -0.3 is 0 Å². The Kier molecular flexibility index (Phi) is 7.43. The van der Waals surface area contributed by atoms with E-state index in [0.29, 0.717) is 0 Å². The molecular weight excluding hydrogens is 488 g/mol. The van der Waals surface area contributed by atoms with Gasteiger partial charge >= 0.3 is 0 Å². The molecule has 6 aromatic rings. The maximum atomic E-state index is 2.27. The summed E-state index contributed by atoms with van der Waals surface area (Å²) in [5.41, 5.74) is 7.43. The number of thioether (sulfide) groups is 1. The molecule has 0 saturated heterocycles. The molecule has 1 radical (unpaired) electrons. The average molecular weight is 518 g/mol. The molecule has 0 amide bonds. The third-order valence-electron chi connectivity index (χ3n) is 7.08. The third kappa shape index (κ3) is 5.19. The summed E-state index contributed by atoms with van der Waals surface area (Å²) in [5, 5.41) is 0. The Hall–Kier alpha value is -4.33.